The van der Waals surface area contributed by atoms with Gasteiger partial charge in [-0.25, -0.2) is 0 Å². The molecule has 0 saturated heterocycles. The molecule has 2 rings (SSSR count). The minimum atomic E-state index is 0.237. The molecule has 0 aromatic heterocycles. The minimum Gasteiger partial charge on any atom is -0.508 e. The summed E-state index contributed by atoms with van der Waals surface area (Å²) in [7, 11) is 0. The van der Waals surface area contributed by atoms with Crippen molar-refractivity contribution in [3.8, 4) is 11.5 Å². The van der Waals surface area contributed by atoms with Crippen molar-refractivity contribution in [1.29, 1.82) is 0 Å². The fourth-order valence-corrected chi connectivity index (χ4v) is 1.49. The van der Waals surface area contributed by atoms with Gasteiger partial charge in [0.1, 0.15) is 11.5 Å². The molecule has 16 heavy (non-hydrogen) atoms. The van der Waals surface area contributed by atoms with Crippen LogP contribution in [0.1, 0.15) is 5.56 Å². The van der Waals surface area contributed by atoms with Crippen molar-refractivity contribution in [1.82, 2.24) is 0 Å². The molecule has 3 heteroatoms. The number of benzene rings is 2. The summed E-state index contributed by atoms with van der Waals surface area (Å²) >= 11 is 0. The summed E-state index contributed by atoms with van der Waals surface area (Å²) in [5.74, 6) is 0.496. The molecule has 0 bridgehead atoms. The first kappa shape index (κ1) is 10.4. The number of anilines is 1. The zero-order chi connectivity index (χ0) is 11.4. The Morgan fingerprint density at radius 2 is 1.56 bits per heavy atom. The van der Waals surface area contributed by atoms with E-state index in [4.69, 9.17) is 0 Å². The second kappa shape index (κ2) is 4.57. The van der Waals surface area contributed by atoms with Crippen molar-refractivity contribution in [3.05, 3.63) is 54.1 Å². The zero-order valence-corrected chi connectivity index (χ0v) is 8.72. The molecule has 3 nitrogen and oxygen atoms in total. The second-order valence-corrected chi connectivity index (χ2v) is 3.57. The van der Waals surface area contributed by atoms with Gasteiger partial charge in [0.05, 0.1) is 0 Å². The monoisotopic (exact) mass is 215 g/mol. The van der Waals surface area contributed by atoms with Crippen LogP contribution >= 0.6 is 0 Å². The molecular formula is C13H13NO2. The van der Waals surface area contributed by atoms with E-state index >= 15 is 0 Å². The quantitative estimate of drug-likeness (QED) is 0.737. The third-order valence-corrected chi connectivity index (χ3v) is 2.25. The fourth-order valence-electron chi connectivity index (χ4n) is 1.49. The molecule has 82 valence electrons. The molecule has 0 aliphatic rings. The van der Waals surface area contributed by atoms with E-state index in [0.717, 1.165) is 11.3 Å². The van der Waals surface area contributed by atoms with Gasteiger partial charge in [0.2, 0.25) is 0 Å². The first-order chi connectivity index (χ1) is 7.74. The van der Waals surface area contributed by atoms with Crippen LogP contribution in [0.3, 0.4) is 0 Å². The number of hydrogen-bond donors (Lipinski definition) is 3. The molecular weight excluding hydrogens is 202 g/mol. The maximum absolute atomic E-state index is 9.29. The van der Waals surface area contributed by atoms with Crippen LogP contribution in [0, 0.1) is 0 Å². The van der Waals surface area contributed by atoms with Gasteiger partial charge in [0, 0.05) is 18.3 Å². The molecule has 3 N–H and O–H groups in total. The second-order valence-electron chi connectivity index (χ2n) is 3.57. The molecule has 0 aliphatic heterocycles. The van der Waals surface area contributed by atoms with Crippen LogP contribution in [0.15, 0.2) is 48.5 Å². The molecule has 0 atom stereocenters. The Bertz CT molecular complexity index is 437. The largest absolute Gasteiger partial charge is 0.508 e. The van der Waals surface area contributed by atoms with Crippen LogP contribution in [0.25, 0.3) is 0 Å². The van der Waals surface area contributed by atoms with E-state index in [0.29, 0.717) is 6.54 Å². The van der Waals surface area contributed by atoms with Gasteiger partial charge in [-0.3, -0.25) is 0 Å². The smallest absolute Gasteiger partial charge is 0.117 e. The fraction of sp³-hybridized carbons (Fsp3) is 0.0769. The Kier molecular flexibility index (Phi) is 2.96. The predicted octanol–water partition coefficient (Wildman–Crippen LogP) is 2.71. The summed E-state index contributed by atoms with van der Waals surface area (Å²) in [4.78, 5) is 0. The highest BCUT2D eigenvalue weighted by atomic mass is 16.3. The van der Waals surface area contributed by atoms with Crippen LogP contribution < -0.4 is 5.32 Å². The molecule has 0 fully saturated rings. The van der Waals surface area contributed by atoms with Crippen LogP contribution in [0.5, 0.6) is 11.5 Å². The average molecular weight is 215 g/mol. The topological polar surface area (TPSA) is 52.5 Å². The molecule has 0 unspecified atom stereocenters. The lowest BCUT2D eigenvalue weighted by Gasteiger charge is -2.07. The highest BCUT2D eigenvalue weighted by molar-refractivity contribution is 5.48. The minimum absolute atomic E-state index is 0.237. The lowest BCUT2D eigenvalue weighted by atomic mass is 10.2. The van der Waals surface area contributed by atoms with Gasteiger partial charge in [-0.05, 0) is 29.8 Å². The van der Waals surface area contributed by atoms with E-state index in [2.05, 4.69) is 5.32 Å². The standard InChI is InChI=1S/C13H13NO2/c15-12-5-1-3-10(7-12)9-14-11-4-2-6-13(16)8-11/h1-8,14-16H,9H2. The molecule has 0 spiro atoms. The number of phenolic OH excluding ortho intramolecular Hbond substituents is 2. The lowest BCUT2D eigenvalue weighted by molar-refractivity contribution is 0.474. The summed E-state index contributed by atoms with van der Waals surface area (Å²) in [5.41, 5.74) is 1.84. The number of hydrogen-bond acceptors (Lipinski definition) is 3. The third kappa shape index (κ3) is 2.67. The Morgan fingerprint density at radius 1 is 0.875 bits per heavy atom. The van der Waals surface area contributed by atoms with Gasteiger partial charge in [0.25, 0.3) is 0 Å². The zero-order valence-electron chi connectivity index (χ0n) is 8.72. The number of aromatic hydroxyl groups is 2. The van der Waals surface area contributed by atoms with Gasteiger partial charge in [0.15, 0.2) is 0 Å². The Balaban J connectivity index is 2.02. The van der Waals surface area contributed by atoms with Gasteiger partial charge in [-0.15, -0.1) is 0 Å². The molecule has 0 amide bonds. The van der Waals surface area contributed by atoms with Gasteiger partial charge < -0.3 is 15.5 Å². The van der Waals surface area contributed by atoms with Crippen LogP contribution in [-0.4, -0.2) is 10.2 Å². The van der Waals surface area contributed by atoms with Crippen molar-refractivity contribution in [2.24, 2.45) is 0 Å². The molecule has 0 saturated carbocycles. The van der Waals surface area contributed by atoms with E-state index in [-0.39, 0.29) is 11.5 Å². The maximum Gasteiger partial charge on any atom is 0.117 e. The van der Waals surface area contributed by atoms with E-state index in [1.807, 2.05) is 12.1 Å². The number of rotatable bonds is 3. The molecule has 0 heterocycles. The molecule has 2 aromatic rings. The van der Waals surface area contributed by atoms with Crippen molar-refractivity contribution < 1.29 is 10.2 Å². The Labute approximate surface area is 94.0 Å². The number of nitrogens with one attached hydrogen (secondary N) is 1. The molecule has 2 aromatic carbocycles. The van der Waals surface area contributed by atoms with Crippen LogP contribution in [0.2, 0.25) is 0 Å². The van der Waals surface area contributed by atoms with Gasteiger partial charge >= 0.3 is 0 Å². The SMILES string of the molecule is Oc1cccc(CNc2cccc(O)c2)c1. The lowest BCUT2D eigenvalue weighted by Crippen LogP contribution is -1.98. The van der Waals surface area contributed by atoms with Gasteiger partial charge in [-0.1, -0.05) is 18.2 Å². The van der Waals surface area contributed by atoms with Crippen molar-refractivity contribution in [3.63, 3.8) is 0 Å². The first-order valence-corrected chi connectivity index (χ1v) is 5.05. The Hall–Kier alpha value is -2.16. The van der Waals surface area contributed by atoms with E-state index in [1.165, 1.54) is 0 Å². The van der Waals surface area contributed by atoms with Crippen LogP contribution in [-0.2, 0) is 6.54 Å². The summed E-state index contributed by atoms with van der Waals surface area (Å²) in [5, 5.41) is 21.7. The van der Waals surface area contributed by atoms with Crippen LogP contribution in [0.4, 0.5) is 5.69 Å². The highest BCUT2D eigenvalue weighted by Crippen LogP contribution is 2.17. The highest BCUT2D eigenvalue weighted by Gasteiger charge is 1.96. The van der Waals surface area contributed by atoms with E-state index in [9.17, 15) is 10.2 Å². The van der Waals surface area contributed by atoms with Crippen molar-refractivity contribution in [2.75, 3.05) is 5.32 Å². The van der Waals surface area contributed by atoms with Gasteiger partial charge in [-0.2, -0.15) is 0 Å². The summed E-state index contributed by atoms with van der Waals surface area (Å²) in [6, 6.07) is 14.0. The summed E-state index contributed by atoms with van der Waals surface area (Å²) in [6.45, 7) is 0.609. The number of phenols is 2. The molecule has 0 radical (unpaired) electrons. The summed E-state index contributed by atoms with van der Waals surface area (Å²) < 4.78 is 0. The van der Waals surface area contributed by atoms with E-state index < -0.39 is 0 Å². The predicted molar refractivity (Wildman–Crippen MR) is 63.5 cm³/mol. The normalized spacial score (nSPS) is 10.0. The maximum atomic E-state index is 9.29. The van der Waals surface area contributed by atoms with E-state index in [1.54, 1.807) is 36.4 Å². The Morgan fingerprint density at radius 3 is 2.25 bits per heavy atom. The van der Waals surface area contributed by atoms with Crippen molar-refractivity contribution in [2.45, 2.75) is 6.54 Å². The first-order valence-electron chi connectivity index (χ1n) is 5.05. The molecule has 0 aliphatic carbocycles. The average Bonchev–Trinajstić information content (AvgIpc) is 2.27. The third-order valence-electron chi connectivity index (χ3n) is 2.25. The summed E-state index contributed by atoms with van der Waals surface area (Å²) in [6.07, 6.45) is 0. The van der Waals surface area contributed by atoms with Crippen molar-refractivity contribution >= 4 is 5.69 Å².